The molecular formula is C14H21ClN2O. The van der Waals surface area contributed by atoms with Gasteiger partial charge in [0.15, 0.2) is 0 Å². The number of nitrogens with zero attached hydrogens (tertiary/aromatic N) is 1. The van der Waals surface area contributed by atoms with Crippen molar-refractivity contribution in [2.24, 2.45) is 0 Å². The van der Waals surface area contributed by atoms with Gasteiger partial charge in [-0.2, -0.15) is 0 Å². The molecule has 0 fully saturated rings. The maximum Gasteiger partial charge on any atom is 0.256 e. The first kappa shape index (κ1) is 14.8. The lowest BCUT2D eigenvalue weighted by Gasteiger charge is -2.26. The van der Waals surface area contributed by atoms with Crippen LogP contribution in [0.4, 0.5) is 5.69 Å². The molecule has 0 saturated heterocycles. The molecule has 18 heavy (non-hydrogen) atoms. The van der Waals surface area contributed by atoms with Crippen LogP contribution in [0.3, 0.4) is 0 Å². The highest BCUT2D eigenvalue weighted by molar-refractivity contribution is 6.31. The van der Waals surface area contributed by atoms with Gasteiger partial charge in [-0.05, 0) is 45.9 Å². The summed E-state index contributed by atoms with van der Waals surface area (Å²) in [5.41, 5.74) is 1.48. The van der Waals surface area contributed by atoms with E-state index in [0.29, 0.717) is 17.1 Å². The van der Waals surface area contributed by atoms with Crippen LogP contribution in [0.2, 0.25) is 5.02 Å². The van der Waals surface area contributed by atoms with Gasteiger partial charge in [0.2, 0.25) is 0 Å². The standard InChI is InChI=1S/C14H21ClN2O/c1-5-16-13-8-7-11(15)9-12(13)14(18)17(6-2)10(3)4/h7-10,16H,5-6H2,1-4H3. The Kier molecular flexibility index (Phi) is 5.48. The van der Waals surface area contributed by atoms with Crippen molar-refractivity contribution in [2.45, 2.75) is 33.7 Å². The van der Waals surface area contributed by atoms with Gasteiger partial charge in [-0.3, -0.25) is 4.79 Å². The molecule has 0 atom stereocenters. The van der Waals surface area contributed by atoms with E-state index < -0.39 is 0 Å². The van der Waals surface area contributed by atoms with Crippen molar-refractivity contribution in [2.75, 3.05) is 18.4 Å². The molecular weight excluding hydrogens is 248 g/mol. The molecule has 0 radical (unpaired) electrons. The average molecular weight is 269 g/mol. The zero-order valence-electron chi connectivity index (χ0n) is 11.5. The van der Waals surface area contributed by atoms with Crippen LogP contribution in [0.1, 0.15) is 38.1 Å². The van der Waals surface area contributed by atoms with E-state index in [1.54, 1.807) is 12.1 Å². The molecule has 0 aliphatic carbocycles. The van der Waals surface area contributed by atoms with Gasteiger partial charge in [-0.25, -0.2) is 0 Å². The second-order valence-corrected chi connectivity index (χ2v) is 4.84. The van der Waals surface area contributed by atoms with E-state index >= 15 is 0 Å². The Morgan fingerprint density at radius 2 is 2.06 bits per heavy atom. The van der Waals surface area contributed by atoms with Gasteiger partial charge in [0.25, 0.3) is 5.91 Å². The highest BCUT2D eigenvalue weighted by Crippen LogP contribution is 2.23. The maximum absolute atomic E-state index is 12.5. The Labute approximate surface area is 114 Å². The van der Waals surface area contributed by atoms with Crippen molar-refractivity contribution >= 4 is 23.2 Å². The summed E-state index contributed by atoms with van der Waals surface area (Å²) >= 11 is 5.99. The Morgan fingerprint density at radius 1 is 1.39 bits per heavy atom. The third-order valence-electron chi connectivity index (χ3n) is 2.80. The highest BCUT2D eigenvalue weighted by Gasteiger charge is 2.20. The van der Waals surface area contributed by atoms with Crippen LogP contribution in [0.25, 0.3) is 0 Å². The van der Waals surface area contributed by atoms with Gasteiger partial charge < -0.3 is 10.2 Å². The second-order valence-electron chi connectivity index (χ2n) is 4.41. The van der Waals surface area contributed by atoms with Crippen molar-refractivity contribution in [3.05, 3.63) is 28.8 Å². The summed E-state index contributed by atoms with van der Waals surface area (Å²) in [5.74, 6) is 0.0194. The van der Waals surface area contributed by atoms with E-state index in [2.05, 4.69) is 5.32 Å². The molecule has 1 aromatic rings. The average Bonchev–Trinajstić information content (AvgIpc) is 2.32. The van der Waals surface area contributed by atoms with Crippen LogP contribution in [-0.2, 0) is 0 Å². The van der Waals surface area contributed by atoms with Gasteiger partial charge >= 0.3 is 0 Å². The van der Waals surface area contributed by atoms with Gasteiger partial charge in [0.1, 0.15) is 0 Å². The molecule has 1 N–H and O–H groups in total. The Balaban J connectivity index is 3.13. The predicted molar refractivity (Wildman–Crippen MR) is 77.5 cm³/mol. The first-order chi connectivity index (χ1) is 8.51. The van der Waals surface area contributed by atoms with Crippen molar-refractivity contribution in [3.63, 3.8) is 0 Å². The van der Waals surface area contributed by atoms with E-state index in [1.165, 1.54) is 0 Å². The summed E-state index contributed by atoms with van der Waals surface area (Å²) < 4.78 is 0. The molecule has 0 unspecified atom stereocenters. The Bertz CT molecular complexity index is 418. The monoisotopic (exact) mass is 268 g/mol. The van der Waals surface area contributed by atoms with E-state index in [0.717, 1.165) is 12.2 Å². The van der Waals surface area contributed by atoms with Crippen LogP contribution in [0.5, 0.6) is 0 Å². The van der Waals surface area contributed by atoms with Gasteiger partial charge in [0, 0.05) is 29.8 Å². The summed E-state index contributed by atoms with van der Waals surface area (Å²) in [6, 6.07) is 5.55. The molecule has 4 heteroatoms. The number of hydrogen-bond acceptors (Lipinski definition) is 2. The first-order valence-corrected chi connectivity index (χ1v) is 6.73. The number of benzene rings is 1. The number of rotatable bonds is 5. The molecule has 0 spiro atoms. The fourth-order valence-corrected chi connectivity index (χ4v) is 2.11. The topological polar surface area (TPSA) is 32.3 Å². The minimum atomic E-state index is 0.0194. The summed E-state index contributed by atoms with van der Waals surface area (Å²) in [6.07, 6.45) is 0. The molecule has 0 heterocycles. The van der Waals surface area contributed by atoms with E-state index in [9.17, 15) is 4.79 Å². The number of halogens is 1. The quantitative estimate of drug-likeness (QED) is 0.884. The second kappa shape index (κ2) is 6.64. The lowest BCUT2D eigenvalue weighted by molar-refractivity contribution is 0.0718. The molecule has 1 amide bonds. The maximum atomic E-state index is 12.5. The molecule has 1 aromatic carbocycles. The zero-order valence-corrected chi connectivity index (χ0v) is 12.2. The van der Waals surface area contributed by atoms with Crippen LogP contribution < -0.4 is 5.32 Å². The molecule has 0 bridgehead atoms. The fourth-order valence-electron chi connectivity index (χ4n) is 1.94. The molecule has 0 saturated carbocycles. The van der Waals surface area contributed by atoms with Crippen molar-refractivity contribution < 1.29 is 4.79 Å². The van der Waals surface area contributed by atoms with E-state index in [-0.39, 0.29) is 11.9 Å². The Morgan fingerprint density at radius 3 is 2.56 bits per heavy atom. The lowest BCUT2D eigenvalue weighted by atomic mass is 10.1. The lowest BCUT2D eigenvalue weighted by Crippen LogP contribution is -2.37. The minimum Gasteiger partial charge on any atom is -0.385 e. The van der Waals surface area contributed by atoms with E-state index in [4.69, 9.17) is 11.6 Å². The van der Waals surface area contributed by atoms with Crippen molar-refractivity contribution in [1.82, 2.24) is 4.90 Å². The van der Waals surface area contributed by atoms with Crippen LogP contribution in [0, 0.1) is 0 Å². The number of hydrogen-bond donors (Lipinski definition) is 1. The van der Waals surface area contributed by atoms with Crippen LogP contribution in [0.15, 0.2) is 18.2 Å². The highest BCUT2D eigenvalue weighted by atomic mass is 35.5. The third kappa shape index (κ3) is 3.39. The molecule has 1 rings (SSSR count). The summed E-state index contributed by atoms with van der Waals surface area (Å²) in [4.78, 5) is 14.3. The summed E-state index contributed by atoms with van der Waals surface area (Å²) in [7, 11) is 0. The zero-order chi connectivity index (χ0) is 13.7. The first-order valence-electron chi connectivity index (χ1n) is 6.35. The molecule has 0 aliphatic rings. The van der Waals surface area contributed by atoms with Gasteiger partial charge in [-0.15, -0.1) is 0 Å². The minimum absolute atomic E-state index is 0.0194. The summed E-state index contributed by atoms with van der Waals surface area (Å²) in [6.45, 7) is 9.47. The molecule has 100 valence electrons. The normalized spacial score (nSPS) is 10.6. The number of carbonyl (C=O) groups excluding carboxylic acids is 1. The molecule has 0 aromatic heterocycles. The van der Waals surface area contributed by atoms with Gasteiger partial charge in [-0.1, -0.05) is 11.6 Å². The SMILES string of the molecule is CCNc1ccc(Cl)cc1C(=O)N(CC)C(C)C. The van der Waals surface area contributed by atoms with Crippen LogP contribution in [-0.4, -0.2) is 29.9 Å². The number of nitrogens with one attached hydrogen (secondary N) is 1. The number of amides is 1. The summed E-state index contributed by atoms with van der Waals surface area (Å²) in [5, 5.41) is 3.78. The van der Waals surface area contributed by atoms with Crippen molar-refractivity contribution in [3.8, 4) is 0 Å². The van der Waals surface area contributed by atoms with Gasteiger partial charge in [0.05, 0.1) is 5.56 Å². The number of anilines is 1. The smallest absolute Gasteiger partial charge is 0.256 e. The third-order valence-corrected chi connectivity index (χ3v) is 3.04. The number of carbonyl (C=O) groups is 1. The predicted octanol–water partition coefficient (Wildman–Crippen LogP) is 3.64. The fraction of sp³-hybridized carbons (Fsp3) is 0.500. The van der Waals surface area contributed by atoms with Crippen LogP contribution >= 0.6 is 11.6 Å². The Hall–Kier alpha value is -1.22. The largest absolute Gasteiger partial charge is 0.385 e. The molecule has 3 nitrogen and oxygen atoms in total. The molecule has 0 aliphatic heterocycles. The van der Waals surface area contributed by atoms with E-state index in [1.807, 2.05) is 38.7 Å². The van der Waals surface area contributed by atoms with Crippen molar-refractivity contribution in [1.29, 1.82) is 0 Å².